The van der Waals surface area contributed by atoms with Crippen LogP contribution in [0.4, 0.5) is 0 Å². The fraction of sp³-hybridized carbons (Fsp3) is 0.250. The Kier molecular flexibility index (Phi) is 3.93. The number of aromatic nitrogens is 2. The van der Waals surface area contributed by atoms with Crippen LogP contribution in [0.2, 0.25) is 5.02 Å². The van der Waals surface area contributed by atoms with Crippen LogP contribution >= 0.6 is 11.6 Å². The number of hydrogen-bond acceptors (Lipinski definition) is 3. The van der Waals surface area contributed by atoms with Crippen molar-refractivity contribution < 1.29 is 8.42 Å². The van der Waals surface area contributed by atoms with Crippen molar-refractivity contribution in [1.82, 2.24) is 14.7 Å². The summed E-state index contributed by atoms with van der Waals surface area (Å²) >= 11 is 5.85. The lowest BCUT2D eigenvalue weighted by Crippen LogP contribution is -2.28. The molecule has 1 heterocycles. The lowest BCUT2D eigenvalue weighted by atomic mass is 10.2. The summed E-state index contributed by atoms with van der Waals surface area (Å²) in [6.45, 7) is 3.44. The quantitative estimate of drug-likeness (QED) is 0.910. The first-order valence-corrected chi connectivity index (χ1v) is 7.54. The van der Waals surface area contributed by atoms with Gasteiger partial charge >= 0.3 is 0 Å². The van der Waals surface area contributed by atoms with Gasteiger partial charge in [-0.25, -0.2) is 18.1 Å². The van der Waals surface area contributed by atoms with Gasteiger partial charge in [-0.2, -0.15) is 0 Å². The van der Waals surface area contributed by atoms with E-state index in [1.165, 1.54) is 6.07 Å². The van der Waals surface area contributed by atoms with Gasteiger partial charge in [0.15, 0.2) is 0 Å². The summed E-state index contributed by atoms with van der Waals surface area (Å²) in [6, 6.07) is 4.33. The highest BCUT2D eigenvalue weighted by Crippen LogP contribution is 2.21. The van der Waals surface area contributed by atoms with Crippen LogP contribution in [0.1, 0.15) is 24.4 Å². The Morgan fingerprint density at radius 1 is 1.42 bits per heavy atom. The molecule has 1 atom stereocenters. The Labute approximate surface area is 117 Å². The van der Waals surface area contributed by atoms with E-state index in [1.54, 1.807) is 38.4 Å². The molecule has 0 aliphatic rings. The van der Waals surface area contributed by atoms with Crippen LogP contribution in [0, 0.1) is 6.92 Å². The van der Waals surface area contributed by atoms with Crippen molar-refractivity contribution >= 4 is 21.6 Å². The summed E-state index contributed by atoms with van der Waals surface area (Å²) in [6.07, 6.45) is 3.22. The molecule has 1 unspecified atom stereocenters. The smallest absolute Gasteiger partial charge is 0.241 e. The van der Waals surface area contributed by atoms with Gasteiger partial charge < -0.3 is 4.98 Å². The van der Waals surface area contributed by atoms with E-state index in [-0.39, 0.29) is 4.90 Å². The molecule has 0 amide bonds. The Morgan fingerprint density at radius 3 is 2.79 bits per heavy atom. The number of benzene rings is 1. The lowest BCUT2D eigenvalue weighted by molar-refractivity contribution is 0.560. The molecule has 2 rings (SSSR count). The first kappa shape index (κ1) is 14.0. The van der Waals surface area contributed by atoms with Gasteiger partial charge in [0.1, 0.15) is 5.82 Å². The Bertz CT molecular complexity index is 668. The van der Waals surface area contributed by atoms with Crippen LogP contribution in [-0.4, -0.2) is 18.4 Å². The molecule has 0 saturated heterocycles. The van der Waals surface area contributed by atoms with Crippen LogP contribution in [0.25, 0.3) is 0 Å². The van der Waals surface area contributed by atoms with E-state index in [9.17, 15) is 8.42 Å². The third-order valence-electron chi connectivity index (χ3n) is 2.70. The van der Waals surface area contributed by atoms with E-state index < -0.39 is 16.1 Å². The predicted molar refractivity (Wildman–Crippen MR) is 73.5 cm³/mol. The average Bonchev–Trinajstić information content (AvgIpc) is 2.85. The second kappa shape index (κ2) is 5.32. The third kappa shape index (κ3) is 3.15. The number of H-pyrrole nitrogens is 1. The highest BCUT2D eigenvalue weighted by Gasteiger charge is 2.21. The summed E-state index contributed by atoms with van der Waals surface area (Å²) < 4.78 is 27.2. The molecular formula is C12H14ClN3O2S. The van der Waals surface area contributed by atoms with Crippen molar-refractivity contribution in [2.45, 2.75) is 24.8 Å². The topological polar surface area (TPSA) is 74.8 Å². The van der Waals surface area contributed by atoms with E-state index in [4.69, 9.17) is 11.6 Å². The first-order chi connectivity index (χ1) is 8.90. The van der Waals surface area contributed by atoms with E-state index in [0.717, 1.165) is 0 Å². The number of halogens is 1. The molecule has 5 nitrogen and oxygen atoms in total. The van der Waals surface area contributed by atoms with E-state index in [0.29, 0.717) is 16.4 Å². The molecule has 2 N–H and O–H groups in total. The number of imidazole rings is 1. The van der Waals surface area contributed by atoms with E-state index in [2.05, 4.69) is 14.7 Å². The molecule has 0 radical (unpaired) electrons. The maximum atomic E-state index is 12.3. The van der Waals surface area contributed by atoms with Gasteiger partial charge in [-0.05, 0) is 31.5 Å². The zero-order chi connectivity index (χ0) is 14.0. The Morgan fingerprint density at radius 2 is 2.16 bits per heavy atom. The summed E-state index contributed by atoms with van der Waals surface area (Å²) in [5.74, 6) is 0.559. The summed E-state index contributed by atoms with van der Waals surface area (Å²) in [7, 11) is -3.63. The van der Waals surface area contributed by atoms with Crippen molar-refractivity contribution in [3.8, 4) is 0 Å². The summed E-state index contributed by atoms with van der Waals surface area (Å²) in [5, 5.41) is 0.386. The van der Waals surface area contributed by atoms with Gasteiger partial charge in [0.25, 0.3) is 0 Å². The number of aromatic amines is 1. The van der Waals surface area contributed by atoms with Crippen molar-refractivity contribution in [3.05, 3.63) is 47.0 Å². The normalized spacial score (nSPS) is 13.4. The highest BCUT2D eigenvalue weighted by molar-refractivity contribution is 7.89. The second-order valence-electron chi connectivity index (χ2n) is 4.23. The van der Waals surface area contributed by atoms with Gasteiger partial charge in [-0.1, -0.05) is 17.7 Å². The minimum atomic E-state index is -3.63. The molecule has 7 heteroatoms. The van der Waals surface area contributed by atoms with Crippen molar-refractivity contribution in [3.63, 3.8) is 0 Å². The molecule has 102 valence electrons. The fourth-order valence-electron chi connectivity index (χ4n) is 1.73. The Hall–Kier alpha value is -1.37. The molecule has 2 aromatic rings. The molecule has 0 bridgehead atoms. The van der Waals surface area contributed by atoms with Crippen molar-refractivity contribution in [2.24, 2.45) is 0 Å². The molecule has 0 aliphatic carbocycles. The number of rotatable bonds is 4. The maximum Gasteiger partial charge on any atom is 0.241 e. The largest absolute Gasteiger partial charge is 0.347 e. The van der Waals surface area contributed by atoms with E-state index in [1.807, 2.05) is 0 Å². The van der Waals surface area contributed by atoms with Crippen LogP contribution < -0.4 is 4.72 Å². The molecule has 1 aromatic heterocycles. The summed E-state index contributed by atoms with van der Waals surface area (Å²) in [4.78, 5) is 7.08. The van der Waals surface area contributed by atoms with Gasteiger partial charge in [0.05, 0.1) is 10.9 Å². The molecule has 0 spiro atoms. The molecule has 0 fully saturated rings. The molecule has 0 aliphatic heterocycles. The Balaban J connectivity index is 2.30. The number of aryl methyl sites for hydroxylation is 1. The van der Waals surface area contributed by atoms with Gasteiger partial charge in [0.2, 0.25) is 10.0 Å². The van der Waals surface area contributed by atoms with E-state index >= 15 is 0 Å². The maximum absolute atomic E-state index is 12.3. The van der Waals surface area contributed by atoms with Gasteiger partial charge in [-0.3, -0.25) is 0 Å². The number of sulfonamides is 1. The standard InChI is InChI=1S/C12H14ClN3O2S/c1-8-3-4-10(13)7-11(8)19(17,18)16-9(2)12-14-5-6-15-12/h3-7,9,16H,1-2H3,(H,14,15). The van der Waals surface area contributed by atoms with Crippen LogP contribution in [0.5, 0.6) is 0 Å². The van der Waals surface area contributed by atoms with Crippen LogP contribution in [-0.2, 0) is 10.0 Å². The first-order valence-electron chi connectivity index (χ1n) is 5.68. The monoisotopic (exact) mass is 299 g/mol. The molecule has 19 heavy (non-hydrogen) atoms. The number of hydrogen-bond donors (Lipinski definition) is 2. The number of nitrogens with one attached hydrogen (secondary N) is 2. The number of nitrogens with zero attached hydrogens (tertiary/aromatic N) is 1. The lowest BCUT2D eigenvalue weighted by Gasteiger charge is -2.14. The third-order valence-corrected chi connectivity index (χ3v) is 4.62. The average molecular weight is 300 g/mol. The fourth-order valence-corrected chi connectivity index (χ4v) is 3.44. The molecular weight excluding hydrogens is 286 g/mol. The minimum absolute atomic E-state index is 0.179. The molecule has 1 aromatic carbocycles. The predicted octanol–water partition coefficient (Wildman–Crippen LogP) is 2.41. The molecule has 0 saturated carbocycles. The van der Waals surface area contributed by atoms with Crippen molar-refractivity contribution in [2.75, 3.05) is 0 Å². The minimum Gasteiger partial charge on any atom is -0.347 e. The zero-order valence-electron chi connectivity index (χ0n) is 10.5. The van der Waals surface area contributed by atoms with Gasteiger partial charge in [0, 0.05) is 17.4 Å². The van der Waals surface area contributed by atoms with Crippen LogP contribution in [0.15, 0.2) is 35.5 Å². The van der Waals surface area contributed by atoms with Gasteiger partial charge in [-0.15, -0.1) is 0 Å². The second-order valence-corrected chi connectivity index (χ2v) is 6.35. The summed E-state index contributed by atoms with van der Waals surface area (Å²) in [5.41, 5.74) is 0.642. The highest BCUT2D eigenvalue weighted by atomic mass is 35.5. The SMILES string of the molecule is Cc1ccc(Cl)cc1S(=O)(=O)NC(C)c1ncc[nH]1. The van der Waals surface area contributed by atoms with Crippen molar-refractivity contribution in [1.29, 1.82) is 0 Å². The van der Waals surface area contributed by atoms with Crippen LogP contribution in [0.3, 0.4) is 0 Å². The zero-order valence-corrected chi connectivity index (χ0v) is 12.1.